The minimum absolute atomic E-state index is 0.909. The molecule has 1 aliphatic heterocycles. The molecule has 0 bridgehead atoms. The highest BCUT2D eigenvalue weighted by molar-refractivity contribution is 6.24. The molecule has 0 aromatic heterocycles. The molecular formula is C46H28O. The van der Waals surface area contributed by atoms with Crippen LogP contribution in [0.3, 0.4) is 0 Å². The summed E-state index contributed by atoms with van der Waals surface area (Å²) in [6.45, 7) is 0. The number of hydrogen-bond acceptors (Lipinski definition) is 1. The van der Waals surface area contributed by atoms with Gasteiger partial charge >= 0.3 is 0 Å². The van der Waals surface area contributed by atoms with E-state index in [0.29, 0.717) is 0 Å². The highest BCUT2D eigenvalue weighted by Crippen LogP contribution is 2.51. The maximum absolute atomic E-state index is 6.46. The van der Waals surface area contributed by atoms with Gasteiger partial charge in [-0.1, -0.05) is 140 Å². The van der Waals surface area contributed by atoms with Crippen LogP contribution in [0.15, 0.2) is 170 Å². The van der Waals surface area contributed by atoms with Crippen molar-refractivity contribution in [3.8, 4) is 56.0 Å². The lowest BCUT2D eigenvalue weighted by atomic mass is 9.83. The highest BCUT2D eigenvalue weighted by Gasteiger charge is 2.23. The Hall–Kier alpha value is -6.18. The Morgan fingerprint density at radius 3 is 1.70 bits per heavy atom. The molecule has 0 saturated heterocycles. The van der Waals surface area contributed by atoms with Gasteiger partial charge in [0.1, 0.15) is 11.5 Å². The SMILES string of the molecule is c1cc(-c2ccc3ccccc3c2)cc(-c2c3ccccc3c(-c3ccc4c5c(cccc35)-c3ccccc3O4)c3ccccc23)c1. The molecule has 0 saturated carbocycles. The van der Waals surface area contributed by atoms with Gasteiger partial charge in [0, 0.05) is 10.9 Å². The second-order valence-corrected chi connectivity index (χ2v) is 12.4. The summed E-state index contributed by atoms with van der Waals surface area (Å²) in [7, 11) is 0. The predicted octanol–water partition coefficient (Wildman–Crippen LogP) is 13.1. The lowest BCUT2D eigenvalue weighted by Gasteiger charge is -2.24. The van der Waals surface area contributed by atoms with Crippen LogP contribution >= 0.6 is 0 Å². The number of hydrogen-bond donors (Lipinski definition) is 0. The van der Waals surface area contributed by atoms with E-state index in [1.165, 1.54) is 82.0 Å². The van der Waals surface area contributed by atoms with Crippen LogP contribution in [0, 0.1) is 0 Å². The molecule has 0 aliphatic carbocycles. The van der Waals surface area contributed by atoms with Crippen LogP contribution in [0.2, 0.25) is 0 Å². The van der Waals surface area contributed by atoms with Gasteiger partial charge in [0.25, 0.3) is 0 Å². The third-order valence-electron chi connectivity index (χ3n) is 9.83. The largest absolute Gasteiger partial charge is 0.456 e. The van der Waals surface area contributed by atoms with E-state index < -0.39 is 0 Å². The summed E-state index contributed by atoms with van der Waals surface area (Å²) in [5.41, 5.74) is 9.76. The van der Waals surface area contributed by atoms with Crippen molar-refractivity contribution >= 4 is 43.1 Å². The minimum Gasteiger partial charge on any atom is -0.456 e. The third kappa shape index (κ3) is 3.97. The first-order valence-electron chi connectivity index (χ1n) is 16.2. The van der Waals surface area contributed by atoms with Crippen molar-refractivity contribution in [2.45, 2.75) is 0 Å². The van der Waals surface area contributed by atoms with Gasteiger partial charge in [-0.15, -0.1) is 0 Å². The summed E-state index contributed by atoms with van der Waals surface area (Å²) in [5, 5.41) is 9.88. The second-order valence-electron chi connectivity index (χ2n) is 12.4. The molecule has 1 aliphatic rings. The lowest BCUT2D eigenvalue weighted by Crippen LogP contribution is -1.98. The van der Waals surface area contributed by atoms with Crippen molar-refractivity contribution in [1.29, 1.82) is 0 Å². The normalized spacial score (nSPS) is 12.0. The molecule has 9 aromatic carbocycles. The van der Waals surface area contributed by atoms with Crippen LogP contribution in [0.4, 0.5) is 0 Å². The van der Waals surface area contributed by atoms with Gasteiger partial charge < -0.3 is 4.74 Å². The maximum atomic E-state index is 6.46. The molecule has 1 nitrogen and oxygen atoms in total. The molecule has 47 heavy (non-hydrogen) atoms. The Kier molecular flexibility index (Phi) is 5.64. The average molecular weight is 597 g/mol. The Bertz CT molecular complexity index is 2660. The fourth-order valence-corrected chi connectivity index (χ4v) is 7.75. The van der Waals surface area contributed by atoms with Crippen LogP contribution in [-0.4, -0.2) is 0 Å². The zero-order valence-electron chi connectivity index (χ0n) is 25.6. The predicted molar refractivity (Wildman–Crippen MR) is 198 cm³/mol. The Morgan fingerprint density at radius 2 is 0.894 bits per heavy atom. The summed E-state index contributed by atoms with van der Waals surface area (Å²) in [6, 6.07) is 61.6. The number of para-hydroxylation sites is 1. The molecule has 218 valence electrons. The van der Waals surface area contributed by atoms with Crippen LogP contribution in [0.25, 0.3) is 87.6 Å². The van der Waals surface area contributed by atoms with Gasteiger partial charge in [0.15, 0.2) is 0 Å². The monoisotopic (exact) mass is 596 g/mol. The van der Waals surface area contributed by atoms with Gasteiger partial charge in [0.2, 0.25) is 0 Å². The number of ether oxygens (including phenoxy) is 1. The smallest absolute Gasteiger partial charge is 0.135 e. The fraction of sp³-hybridized carbons (Fsp3) is 0. The summed E-state index contributed by atoms with van der Waals surface area (Å²) < 4.78 is 6.46. The van der Waals surface area contributed by atoms with E-state index in [0.717, 1.165) is 17.1 Å². The molecule has 1 heteroatoms. The van der Waals surface area contributed by atoms with Crippen LogP contribution in [-0.2, 0) is 0 Å². The number of rotatable bonds is 3. The van der Waals surface area contributed by atoms with Crippen molar-refractivity contribution in [2.24, 2.45) is 0 Å². The van der Waals surface area contributed by atoms with Crippen LogP contribution in [0.5, 0.6) is 11.5 Å². The average Bonchev–Trinajstić information content (AvgIpc) is 3.14. The molecule has 0 amide bonds. The topological polar surface area (TPSA) is 9.23 Å². The standard InChI is InChI=1S/C46H28O/c1-2-12-30-27-32(24-23-29(30)11-1)31-13-9-14-33(28-31)44-36-16-3-5-18-38(36)45(39-19-6-4-17-37(39)44)41-25-26-43-46-35(20-10-21-40(41)46)34-15-7-8-22-42(34)47-43/h1-28H. The first kappa shape index (κ1) is 26.1. The molecule has 0 fully saturated rings. The van der Waals surface area contributed by atoms with E-state index in [2.05, 4.69) is 164 Å². The van der Waals surface area contributed by atoms with E-state index >= 15 is 0 Å². The molecule has 0 radical (unpaired) electrons. The molecule has 0 spiro atoms. The van der Waals surface area contributed by atoms with E-state index in [-0.39, 0.29) is 0 Å². The van der Waals surface area contributed by atoms with Crippen molar-refractivity contribution in [1.82, 2.24) is 0 Å². The highest BCUT2D eigenvalue weighted by atomic mass is 16.5. The Labute approximate surface area is 272 Å². The zero-order valence-corrected chi connectivity index (χ0v) is 25.6. The van der Waals surface area contributed by atoms with Crippen LogP contribution in [0.1, 0.15) is 0 Å². The van der Waals surface area contributed by atoms with Crippen molar-refractivity contribution in [3.05, 3.63) is 170 Å². The fourth-order valence-electron chi connectivity index (χ4n) is 7.75. The van der Waals surface area contributed by atoms with Crippen LogP contribution < -0.4 is 4.74 Å². The lowest BCUT2D eigenvalue weighted by molar-refractivity contribution is 0.487. The molecule has 9 aromatic rings. The molecular weight excluding hydrogens is 569 g/mol. The number of benzene rings is 9. The molecule has 10 rings (SSSR count). The summed E-state index contributed by atoms with van der Waals surface area (Å²) in [4.78, 5) is 0. The van der Waals surface area contributed by atoms with Crippen molar-refractivity contribution < 1.29 is 4.74 Å². The van der Waals surface area contributed by atoms with E-state index in [4.69, 9.17) is 4.74 Å². The molecule has 0 atom stereocenters. The first-order chi connectivity index (χ1) is 23.3. The number of fused-ring (bicyclic) bond motifs is 5. The molecule has 0 N–H and O–H groups in total. The third-order valence-corrected chi connectivity index (χ3v) is 9.83. The van der Waals surface area contributed by atoms with Gasteiger partial charge in [-0.25, -0.2) is 0 Å². The van der Waals surface area contributed by atoms with Crippen molar-refractivity contribution in [2.75, 3.05) is 0 Å². The summed E-state index contributed by atoms with van der Waals surface area (Å²) in [6.07, 6.45) is 0. The molecule has 0 unspecified atom stereocenters. The zero-order chi connectivity index (χ0) is 30.9. The summed E-state index contributed by atoms with van der Waals surface area (Å²) >= 11 is 0. The summed E-state index contributed by atoms with van der Waals surface area (Å²) in [5.74, 6) is 1.82. The maximum Gasteiger partial charge on any atom is 0.135 e. The van der Waals surface area contributed by atoms with Gasteiger partial charge in [-0.2, -0.15) is 0 Å². The van der Waals surface area contributed by atoms with Gasteiger partial charge in [-0.3, -0.25) is 0 Å². The van der Waals surface area contributed by atoms with E-state index in [1.54, 1.807) is 0 Å². The molecule has 1 heterocycles. The van der Waals surface area contributed by atoms with Gasteiger partial charge in [0.05, 0.1) is 0 Å². The van der Waals surface area contributed by atoms with E-state index in [1.807, 2.05) is 6.07 Å². The Balaban J connectivity index is 1.24. The minimum atomic E-state index is 0.909. The van der Waals surface area contributed by atoms with Crippen molar-refractivity contribution in [3.63, 3.8) is 0 Å². The van der Waals surface area contributed by atoms with Gasteiger partial charge in [-0.05, 0) is 107 Å². The Morgan fingerprint density at radius 1 is 0.298 bits per heavy atom. The quantitative estimate of drug-likeness (QED) is 0.184. The van der Waals surface area contributed by atoms with E-state index in [9.17, 15) is 0 Å². The second kappa shape index (κ2) is 10.2. The first-order valence-corrected chi connectivity index (χ1v) is 16.2.